The van der Waals surface area contributed by atoms with Crippen molar-refractivity contribution < 1.29 is 32.5 Å². The normalized spacial score (nSPS) is 11.3. The quantitative estimate of drug-likeness (QED) is 0.615. The molecule has 10 heteroatoms. The number of nitrogens with one attached hydrogen (secondary N) is 2. The number of H-pyrrole nitrogens is 1. The first-order valence-corrected chi connectivity index (χ1v) is 7.26. The molecule has 0 unspecified atom stereocenters. The van der Waals surface area contributed by atoms with E-state index in [0.29, 0.717) is 28.4 Å². The fourth-order valence-corrected chi connectivity index (χ4v) is 2.16. The van der Waals surface area contributed by atoms with E-state index in [1.54, 1.807) is 18.2 Å². The second-order valence-corrected chi connectivity index (χ2v) is 5.14. The summed E-state index contributed by atoms with van der Waals surface area (Å²) in [4.78, 5) is 17.8. The SMILES string of the molecule is O=C(O)COc1ccc2nc(Nc3ccc(OC(F)(F)F)cc3)[nH]c2c1. The van der Waals surface area contributed by atoms with Crippen LogP contribution < -0.4 is 14.8 Å². The van der Waals surface area contributed by atoms with E-state index < -0.39 is 18.9 Å². The van der Waals surface area contributed by atoms with Crippen molar-refractivity contribution in [3.05, 3.63) is 42.5 Å². The van der Waals surface area contributed by atoms with Gasteiger partial charge in [0.05, 0.1) is 11.0 Å². The van der Waals surface area contributed by atoms with Gasteiger partial charge in [0.15, 0.2) is 6.61 Å². The van der Waals surface area contributed by atoms with Crippen molar-refractivity contribution in [1.82, 2.24) is 9.97 Å². The average Bonchev–Trinajstić information content (AvgIpc) is 2.95. The molecule has 0 bridgehead atoms. The maximum Gasteiger partial charge on any atom is 0.573 e. The van der Waals surface area contributed by atoms with Crippen LogP contribution in [0, 0.1) is 0 Å². The number of alkyl halides is 3. The summed E-state index contributed by atoms with van der Waals surface area (Å²) in [6.07, 6.45) is -4.74. The summed E-state index contributed by atoms with van der Waals surface area (Å²) in [6, 6.07) is 10.0. The minimum absolute atomic E-state index is 0.326. The van der Waals surface area contributed by atoms with Crippen molar-refractivity contribution in [2.75, 3.05) is 11.9 Å². The van der Waals surface area contributed by atoms with Crippen LogP contribution in [0.15, 0.2) is 42.5 Å². The first-order valence-electron chi connectivity index (χ1n) is 7.26. The van der Waals surface area contributed by atoms with Crippen LogP contribution >= 0.6 is 0 Å². The molecule has 0 aliphatic heterocycles. The van der Waals surface area contributed by atoms with Crippen LogP contribution in [0.5, 0.6) is 11.5 Å². The Morgan fingerprint density at radius 2 is 1.85 bits per heavy atom. The summed E-state index contributed by atoms with van der Waals surface area (Å²) >= 11 is 0. The van der Waals surface area contributed by atoms with Crippen molar-refractivity contribution in [2.24, 2.45) is 0 Å². The number of carboxylic acid groups (broad SMARTS) is 1. The van der Waals surface area contributed by atoms with E-state index in [1.807, 2.05) is 0 Å². The van der Waals surface area contributed by atoms with E-state index in [2.05, 4.69) is 20.0 Å². The molecular formula is C16H12F3N3O4. The molecule has 2 aromatic carbocycles. The predicted octanol–water partition coefficient (Wildman–Crippen LogP) is 3.67. The van der Waals surface area contributed by atoms with Crippen molar-refractivity contribution in [2.45, 2.75) is 6.36 Å². The fourth-order valence-electron chi connectivity index (χ4n) is 2.16. The number of carboxylic acids is 1. The van der Waals surface area contributed by atoms with Crippen LogP contribution in [0.3, 0.4) is 0 Å². The standard InChI is InChI=1S/C16H12F3N3O4/c17-16(18,19)26-10-3-1-9(2-4-10)20-15-21-12-6-5-11(7-13(12)22-15)25-8-14(23)24/h1-7H,8H2,(H,23,24)(H2,20,21,22). The van der Waals surface area contributed by atoms with Crippen LogP contribution in [-0.4, -0.2) is 34.0 Å². The van der Waals surface area contributed by atoms with Gasteiger partial charge in [-0.1, -0.05) is 0 Å². The Labute approximate surface area is 144 Å². The first kappa shape index (κ1) is 17.4. The number of anilines is 2. The molecule has 0 spiro atoms. The smallest absolute Gasteiger partial charge is 0.482 e. The summed E-state index contributed by atoms with van der Waals surface area (Å²) in [5, 5.41) is 11.5. The molecule has 3 aromatic rings. The number of carbonyl (C=O) groups is 1. The molecule has 0 aliphatic rings. The lowest BCUT2D eigenvalue weighted by atomic mass is 10.3. The number of rotatable bonds is 6. The lowest BCUT2D eigenvalue weighted by Gasteiger charge is -2.09. The molecule has 3 N–H and O–H groups in total. The van der Waals surface area contributed by atoms with Gasteiger partial charge in [0.2, 0.25) is 5.95 Å². The number of benzene rings is 2. The molecule has 7 nitrogen and oxygen atoms in total. The number of aromatic amines is 1. The Morgan fingerprint density at radius 1 is 1.15 bits per heavy atom. The number of aliphatic carboxylic acids is 1. The molecule has 0 amide bonds. The van der Waals surface area contributed by atoms with Gasteiger partial charge < -0.3 is 24.9 Å². The van der Waals surface area contributed by atoms with E-state index >= 15 is 0 Å². The van der Waals surface area contributed by atoms with Gasteiger partial charge in [-0.25, -0.2) is 9.78 Å². The molecule has 0 saturated carbocycles. The zero-order valence-corrected chi connectivity index (χ0v) is 13.0. The third-order valence-electron chi connectivity index (χ3n) is 3.17. The molecule has 3 rings (SSSR count). The van der Waals surface area contributed by atoms with Crippen LogP contribution in [-0.2, 0) is 4.79 Å². The second kappa shape index (κ2) is 6.82. The number of halogens is 3. The fraction of sp³-hybridized carbons (Fsp3) is 0.125. The molecule has 0 aliphatic carbocycles. The molecule has 0 saturated heterocycles. The van der Waals surface area contributed by atoms with E-state index in [1.165, 1.54) is 24.3 Å². The maximum atomic E-state index is 12.1. The number of ether oxygens (including phenoxy) is 2. The van der Waals surface area contributed by atoms with Gasteiger partial charge in [0.25, 0.3) is 0 Å². The highest BCUT2D eigenvalue weighted by Gasteiger charge is 2.30. The Hall–Kier alpha value is -3.43. The lowest BCUT2D eigenvalue weighted by Crippen LogP contribution is -2.16. The Morgan fingerprint density at radius 3 is 2.50 bits per heavy atom. The van der Waals surface area contributed by atoms with Crippen molar-refractivity contribution in [3.63, 3.8) is 0 Å². The molecule has 26 heavy (non-hydrogen) atoms. The van der Waals surface area contributed by atoms with Crippen LogP contribution in [0.4, 0.5) is 24.8 Å². The number of aromatic nitrogens is 2. The van der Waals surface area contributed by atoms with Gasteiger partial charge in [-0.15, -0.1) is 13.2 Å². The maximum absolute atomic E-state index is 12.1. The molecule has 1 heterocycles. The van der Waals surface area contributed by atoms with E-state index in [-0.39, 0.29) is 5.75 Å². The Kier molecular flexibility index (Phi) is 4.57. The Bertz CT molecular complexity index is 923. The minimum Gasteiger partial charge on any atom is -0.482 e. The van der Waals surface area contributed by atoms with Gasteiger partial charge >= 0.3 is 12.3 Å². The van der Waals surface area contributed by atoms with Crippen molar-refractivity contribution >= 4 is 28.6 Å². The van der Waals surface area contributed by atoms with Crippen LogP contribution in [0.25, 0.3) is 11.0 Å². The number of hydrogen-bond acceptors (Lipinski definition) is 5. The first-order chi connectivity index (χ1) is 12.3. The van der Waals surface area contributed by atoms with Gasteiger partial charge in [0.1, 0.15) is 11.5 Å². The highest BCUT2D eigenvalue weighted by molar-refractivity contribution is 5.80. The molecule has 0 radical (unpaired) electrons. The number of fused-ring (bicyclic) bond motifs is 1. The van der Waals surface area contributed by atoms with Gasteiger partial charge in [-0.2, -0.15) is 0 Å². The minimum atomic E-state index is -4.74. The predicted molar refractivity (Wildman–Crippen MR) is 85.6 cm³/mol. The third kappa shape index (κ3) is 4.56. The third-order valence-corrected chi connectivity index (χ3v) is 3.17. The second-order valence-electron chi connectivity index (χ2n) is 5.14. The lowest BCUT2D eigenvalue weighted by molar-refractivity contribution is -0.274. The van der Waals surface area contributed by atoms with Crippen LogP contribution in [0.1, 0.15) is 0 Å². The number of nitrogens with zero attached hydrogens (tertiary/aromatic N) is 1. The molecular weight excluding hydrogens is 355 g/mol. The monoisotopic (exact) mass is 367 g/mol. The Balaban J connectivity index is 1.71. The highest BCUT2D eigenvalue weighted by Crippen LogP contribution is 2.26. The summed E-state index contributed by atoms with van der Waals surface area (Å²) in [6.45, 7) is -0.461. The summed E-state index contributed by atoms with van der Waals surface area (Å²) in [5.74, 6) is -0.688. The topological polar surface area (TPSA) is 96.5 Å². The van der Waals surface area contributed by atoms with E-state index in [9.17, 15) is 18.0 Å². The molecule has 136 valence electrons. The number of imidazole rings is 1. The molecule has 0 atom stereocenters. The number of hydrogen-bond donors (Lipinski definition) is 3. The summed E-state index contributed by atoms with van der Waals surface area (Å²) in [7, 11) is 0. The highest BCUT2D eigenvalue weighted by atomic mass is 19.4. The zero-order chi connectivity index (χ0) is 18.7. The van der Waals surface area contributed by atoms with Crippen LogP contribution in [0.2, 0.25) is 0 Å². The summed E-state index contributed by atoms with van der Waals surface area (Å²) in [5.41, 5.74) is 1.71. The summed E-state index contributed by atoms with van der Waals surface area (Å²) < 4.78 is 45.3. The van der Waals surface area contributed by atoms with Crippen molar-refractivity contribution in [1.29, 1.82) is 0 Å². The molecule has 1 aromatic heterocycles. The van der Waals surface area contributed by atoms with Gasteiger partial charge in [0, 0.05) is 11.8 Å². The van der Waals surface area contributed by atoms with Gasteiger partial charge in [-0.3, -0.25) is 0 Å². The largest absolute Gasteiger partial charge is 0.573 e. The average molecular weight is 367 g/mol. The van der Waals surface area contributed by atoms with E-state index in [0.717, 1.165) is 0 Å². The van der Waals surface area contributed by atoms with Crippen molar-refractivity contribution in [3.8, 4) is 11.5 Å². The van der Waals surface area contributed by atoms with E-state index in [4.69, 9.17) is 9.84 Å². The van der Waals surface area contributed by atoms with Gasteiger partial charge in [-0.05, 0) is 36.4 Å². The molecule has 0 fully saturated rings. The zero-order valence-electron chi connectivity index (χ0n) is 13.0.